The van der Waals surface area contributed by atoms with E-state index in [9.17, 15) is 4.79 Å². The zero-order valence-corrected chi connectivity index (χ0v) is 11.4. The van der Waals surface area contributed by atoms with E-state index in [0.717, 1.165) is 16.5 Å². The number of nitrogens with two attached hydrogens (primary N) is 1. The molecule has 0 bridgehead atoms. The van der Waals surface area contributed by atoms with Crippen molar-refractivity contribution in [2.45, 2.75) is 0 Å². The summed E-state index contributed by atoms with van der Waals surface area (Å²) in [6.07, 6.45) is 1.55. The van der Waals surface area contributed by atoms with Crippen molar-refractivity contribution >= 4 is 16.8 Å². The molecule has 0 saturated carbocycles. The van der Waals surface area contributed by atoms with Crippen LogP contribution in [0.2, 0.25) is 0 Å². The Balaban J connectivity index is 2.23. The lowest BCUT2D eigenvalue weighted by molar-refractivity contribution is 0.1000. The molecule has 0 saturated heterocycles. The third kappa shape index (κ3) is 2.41. The number of aromatic nitrogens is 2. The van der Waals surface area contributed by atoms with Gasteiger partial charge in [0.15, 0.2) is 0 Å². The maximum atomic E-state index is 11.3. The number of rotatable bonds is 3. The molecule has 1 aromatic carbocycles. The van der Waals surface area contributed by atoms with E-state index >= 15 is 0 Å². The Labute approximate surface area is 121 Å². The molecule has 2 aromatic heterocycles. The summed E-state index contributed by atoms with van der Waals surface area (Å²) in [6, 6.07) is 12.9. The van der Waals surface area contributed by atoms with Crippen LogP contribution in [0.3, 0.4) is 0 Å². The van der Waals surface area contributed by atoms with Crippen LogP contribution in [-0.2, 0) is 0 Å². The summed E-state index contributed by atoms with van der Waals surface area (Å²) in [5.41, 5.74) is 7.86. The van der Waals surface area contributed by atoms with Crippen molar-refractivity contribution in [1.29, 1.82) is 0 Å². The molecule has 5 nitrogen and oxygen atoms in total. The second-order valence-corrected chi connectivity index (χ2v) is 4.53. The molecule has 2 heterocycles. The van der Waals surface area contributed by atoms with Gasteiger partial charge in [-0.25, -0.2) is 4.98 Å². The summed E-state index contributed by atoms with van der Waals surface area (Å²) in [5, 5.41) is 0.972. The predicted molar refractivity (Wildman–Crippen MR) is 80.0 cm³/mol. The molecule has 0 radical (unpaired) electrons. The topological polar surface area (TPSA) is 78.1 Å². The molecule has 21 heavy (non-hydrogen) atoms. The molecule has 0 unspecified atom stereocenters. The van der Waals surface area contributed by atoms with Crippen molar-refractivity contribution in [2.24, 2.45) is 5.73 Å². The standard InChI is InChI=1S/C16H13N3O2/c1-21-16-12(8-10-4-2-3-5-13(10)19-16)14-9-11(15(17)20)6-7-18-14/h2-9H,1H3,(H2,17,20). The number of hydrogen-bond acceptors (Lipinski definition) is 4. The molecule has 0 aliphatic rings. The molecule has 5 heteroatoms. The van der Waals surface area contributed by atoms with Crippen LogP contribution in [0.15, 0.2) is 48.7 Å². The summed E-state index contributed by atoms with van der Waals surface area (Å²) >= 11 is 0. The molecule has 3 aromatic rings. The maximum Gasteiger partial charge on any atom is 0.248 e. The van der Waals surface area contributed by atoms with Gasteiger partial charge in [0.1, 0.15) is 0 Å². The molecular formula is C16H13N3O2. The van der Waals surface area contributed by atoms with Crippen molar-refractivity contribution in [3.8, 4) is 17.1 Å². The van der Waals surface area contributed by atoms with Gasteiger partial charge in [-0.05, 0) is 24.3 Å². The van der Waals surface area contributed by atoms with E-state index in [1.54, 1.807) is 25.4 Å². The van der Waals surface area contributed by atoms with E-state index in [0.29, 0.717) is 17.1 Å². The van der Waals surface area contributed by atoms with Crippen LogP contribution in [0.4, 0.5) is 0 Å². The van der Waals surface area contributed by atoms with Crippen LogP contribution in [0.25, 0.3) is 22.2 Å². The zero-order chi connectivity index (χ0) is 14.8. The Bertz CT molecular complexity index is 831. The molecule has 3 rings (SSSR count). The Morgan fingerprint density at radius 2 is 2.00 bits per heavy atom. The number of ether oxygens (including phenoxy) is 1. The Kier molecular flexibility index (Phi) is 3.23. The molecular weight excluding hydrogens is 266 g/mol. The Morgan fingerprint density at radius 1 is 1.19 bits per heavy atom. The van der Waals surface area contributed by atoms with E-state index in [-0.39, 0.29) is 0 Å². The summed E-state index contributed by atoms with van der Waals surface area (Å²) in [5.74, 6) is -0.0332. The first-order chi connectivity index (χ1) is 10.2. The molecule has 0 fully saturated rings. The van der Waals surface area contributed by atoms with Crippen molar-refractivity contribution in [2.75, 3.05) is 7.11 Å². The minimum Gasteiger partial charge on any atom is -0.480 e. The highest BCUT2D eigenvalue weighted by molar-refractivity contribution is 5.94. The van der Waals surface area contributed by atoms with Gasteiger partial charge in [-0.1, -0.05) is 18.2 Å². The number of primary amides is 1. The van der Waals surface area contributed by atoms with E-state index < -0.39 is 5.91 Å². The fourth-order valence-electron chi connectivity index (χ4n) is 2.17. The SMILES string of the molecule is COc1nc2ccccc2cc1-c1cc(C(N)=O)ccn1. The van der Waals surface area contributed by atoms with Crippen LogP contribution in [0.5, 0.6) is 5.88 Å². The van der Waals surface area contributed by atoms with Crippen LogP contribution in [0, 0.1) is 0 Å². The highest BCUT2D eigenvalue weighted by atomic mass is 16.5. The highest BCUT2D eigenvalue weighted by Gasteiger charge is 2.12. The molecule has 0 spiro atoms. The lowest BCUT2D eigenvalue weighted by atomic mass is 10.1. The number of carbonyl (C=O) groups excluding carboxylic acids is 1. The number of pyridine rings is 2. The van der Waals surface area contributed by atoms with Crippen LogP contribution >= 0.6 is 0 Å². The number of nitrogens with zero attached hydrogens (tertiary/aromatic N) is 2. The van der Waals surface area contributed by atoms with Gasteiger partial charge < -0.3 is 10.5 Å². The number of carbonyl (C=O) groups is 1. The fourth-order valence-corrected chi connectivity index (χ4v) is 2.17. The largest absolute Gasteiger partial charge is 0.480 e. The monoisotopic (exact) mass is 279 g/mol. The summed E-state index contributed by atoms with van der Waals surface area (Å²) < 4.78 is 5.34. The predicted octanol–water partition coefficient (Wildman–Crippen LogP) is 2.40. The molecule has 104 valence electrons. The summed E-state index contributed by atoms with van der Waals surface area (Å²) in [7, 11) is 1.55. The van der Waals surface area contributed by atoms with Crippen LogP contribution in [0.1, 0.15) is 10.4 Å². The average Bonchev–Trinajstić information content (AvgIpc) is 2.53. The maximum absolute atomic E-state index is 11.3. The minimum atomic E-state index is -0.494. The van der Waals surface area contributed by atoms with Gasteiger partial charge in [0.2, 0.25) is 11.8 Å². The molecule has 0 atom stereocenters. The number of hydrogen-bond donors (Lipinski definition) is 1. The third-order valence-electron chi connectivity index (χ3n) is 3.20. The first-order valence-electron chi connectivity index (χ1n) is 6.39. The molecule has 0 aliphatic carbocycles. The quantitative estimate of drug-likeness (QED) is 0.798. The van der Waals surface area contributed by atoms with Gasteiger partial charge in [0, 0.05) is 17.1 Å². The van der Waals surface area contributed by atoms with Crippen molar-refractivity contribution < 1.29 is 9.53 Å². The number of benzene rings is 1. The molecule has 2 N–H and O–H groups in total. The first-order valence-corrected chi connectivity index (χ1v) is 6.39. The van der Waals surface area contributed by atoms with Gasteiger partial charge in [-0.3, -0.25) is 9.78 Å². The second kappa shape index (κ2) is 5.20. The van der Waals surface area contributed by atoms with E-state index in [1.165, 1.54) is 0 Å². The van der Waals surface area contributed by atoms with Crippen molar-refractivity contribution in [1.82, 2.24) is 9.97 Å². The summed E-state index contributed by atoms with van der Waals surface area (Å²) in [4.78, 5) is 20.0. The fraction of sp³-hybridized carbons (Fsp3) is 0.0625. The number of para-hydroxylation sites is 1. The van der Waals surface area contributed by atoms with Crippen molar-refractivity contribution in [3.05, 3.63) is 54.2 Å². The van der Waals surface area contributed by atoms with Gasteiger partial charge in [0.25, 0.3) is 0 Å². The van der Waals surface area contributed by atoms with E-state index in [2.05, 4.69) is 9.97 Å². The first kappa shape index (κ1) is 13.1. The zero-order valence-electron chi connectivity index (χ0n) is 11.4. The van der Waals surface area contributed by atoms with Gasteiger partial charge in [0.05, 0.1) is 23.9 Å². The van der Waals surface area contributed by atoms with Crippen LogP contribution in [-0.4, -0.2) is 23.0 Å². The molecule has 0 aliphatic heterocycles. The number of fused-ring (bicyclic) bond motifs is 1. The Morgan fingerprint density at radius 3 is 2.76 bits per heavy atom. The number of amides is 1. The Hall–Kier alpha value is -2.95. The smallest absolute Gasteiger partial charge is 0.248 e. The number of methoxy groups -OCH3 is 1. The molecule has 1 amide bonds. The second-order valence-electron chi connectivity index (χ2n) is 4.53. The summed E-state index contributed by atoms with van der Waals surface area (Å²) in [6.45, 7) is 0. The minimum absolute atomic E-state index is 0.398. The normalized spacial score (nSPS) is 10.5. The van der Waals surface area contributed by atoms with Crippen LogP contribution < -0.4 is 10.5 Å². The highest BCUT2D eigenvalue weighted by Crippen LogP contribution is 2.30. The van der Waals surface area contributed by atoms with Crippen molar-refractivity contribution in [3.63, 3.8) is 0 Å². The van der Waals surface area contributed by atoms with E-state index in [1.807, 2.05) is 30.3 Å². The third-order valence-corrected chi connectivity index (χ3v) is 3.20. The lowest BCUT2D eigenvalue weighted by Crippen LogP contribution is -2.11. The van der Waals surface area contributed by atoms with Gasteiger partial charge in [-0.2, -0.15) is 0 Å². The van der Waals surface area contributed by atoms with Gasteiger partial charge in [-0.15, -0.1) is 0 Å². The van der Waals surface area contributed by atoms with E-state index in [4.69, 9.17) is 10.5 Å². The van der Waals surface area contributed by atoms with Gasteiger partial charge >= 0.3 is 0 Å². The lowest BCUT2D eigenvalue weighted by Gasteiger charge is -2.09. The average molecular weight is 279 g/mol.